The fourth-order valence-corrected chi connectivity index (χ4v) is 4.86. The Balaban J connectivity index is 1.38. The maximum Gasteiger partial charge on any atom is 0.222 e. The van der Waals surface area contributed by atoms with Crippen LogP contribution in [-0.4, -0.2) is 46.5 Å². The van der Waals surface area contributed by atoms with Gasteiger partial charge in [0.25, 0.3) is 0 Å². The van der Waals surface area contributed by atoms with Crippen LogP contribution in [0.5, 0.6) is 0 Å². The summed E-state index contributed by atoms with van der Waals surface area (Å²) in [5, 5.41) is 1.36. The molecule has 1 aromatic carbocycles. The maximum absolute atomic E-state index is 12.6. The van der Waals surface area contributed by atoms with Gasteiger partial charge in [0.05, 0.1) is 6.67 Å². The Hall–Kier alpha value is -1.81. The van der Waals surface area contributed by atoms with Crippen LogP contribution in [0.15, 0.2) is 30.5 Å². The molecule has 2 aliphatic rings. The molecule has 0 radical (unpaired) electrons. The molecule has 2 aliphatic heterocycles. The summed E-state index contributed by atoms with van der Waals surface area (Å²) >= 11 is 0. The minimum Gasteiger partial charge on any atom is -0.343 e. The number of aromatic nitrogens is 1. The minimum absolute atomic E-state index is 0.360. The van der Waals surface area contributed by atoms with Crippen molar-refractivity contribution in [1.29, 1.82) is 0 Å². The van der Waals surface area contributed by atoms with Gasteiger partial charge in [0.1, 0.15) is 0 Å². The van der Waals surface area contributed by atoms with Crippen molar-refractivity contribution < 1.29 is 4.79 Å². The van der Waals surface area contributed by atoms with E-state index in [-0.39, 0.29) is 0 Å². The summed E-state index contributed by atoms with van der Waals surface area (Å²) in [7, 11) is 0. The first-order chi connectivity index (χ1) is 13.8. The Labute approximate surface area is 169 Å². The molecule has 1 aromatic heterocycles. The second-order valence-electron chi connectivity index (χ2n) is 8.61. The van der Waals surface area contributed by atoms with Crippen LogP contribution in [0.25, 0.3) is 10.9 Å². The summed E-state index contributed by atoms with van der Waals surface area (Å²) in [6.07, 6.45) is 13.9. The zero-order valence-corrected chi connectivity index (χ0v) is 17.2. The molecular weight excluding hydrogens is 346 g/mol. The summed E-state index contributed by atoms with van der Waals surface area (Å²) < 4.78 is 2.42. The maximum atomic E-state index is 12.6. The van der Waals surface area contributed by atoms with E-state index in [9.17, 15) is 4.79 Å². The molecule has 4 nitrogen and oxygen atoms in total. The topological polar surface area (TPSA) is 28.5 Å². The van der Waals surface area contributed by atoms with Crippen LogP contribution >= 0.6 is 0 Å². The lowest BCUT2D eigenvalue weighted by Crippen LogP contribution is -2.31. The Morgan fingerprint density at radius 3 is 2.32 bits per heavy atom. The number of fused-ring (bicyclic) bond motifs is 1. The highest BCUT2D eigenvalue weighted by Crippen LogP contribution is 2.24. The van der Waals surface area contributed by atoms with Crippen molar-refractivity contribution in [3.05, 3.63) is 36.0 Å². The number of piperidine rings is 1. The third-order valence-corrected chi connectivity index (χ3v) is 6.47. The fourth-order valence-electron chi connectivity index (χ4n) is 4.86. The standard InChI is InChI=1S/C24H35N3O/c28-24(26-17-8-1-2-9-18-26)14-10-11-21-19-27(20-25-15-6-3-7-16-25)23-13-5-4-12-22(21)23/h4-5,12-13,19H,1-3,6-11,14-18,20H2. The van der Waals surface area contributed by atoms with E-state index >= 15 is 0 Å². The Morgan fingerprint density at radius 1 is 0.857 bits per heavy atom. The highest BCUT2D eigenvalue weighted by Gasteiger charge is 2.16. The van der Waals surface area contributed by atoms with E-state index in [1.807, 2.05) is 0 Å². The van der Waals surface area contributed by atoms with Gasteiger partial charge in [0.2, 0.25) is 5.91 Å². The van der Waals surface area contributed by atoms with Crippen molar-refractivity contribution in [1.82, 2.24) is 14.4 Å². The average molecular weight is 382 g/mol. The van der Waals surface area contributed by atoms with Crippen LogP contribution in [0.3, 0.4) is 0 Å². The normalized spacial score (nSPS) is 19.1. The molecule has 28 heavy (non-hydrogen) atoms. The van der Waals surface area contributed by atoms with Crippen LogP contribution in [-0.2, 0) is 17.9 Å². The van der Waals surface area contributed by atoms with Gasteiger partial charge in [0, 0.05) is 36.6 Å². The number of nitrogens with zero attached hydrogens (tertiary/aromatic N) is 3. The lowest BCUT2D eigenvalue weighted by atomic mass is 10.1. The third-order valence-electron chi connectivity index (χ3n) is 6.47. The lowest BCUT2D eigenvalue weighted by Gasteiger charge is -2.27. The summed E-state index contributed by atoms with van der Waals surface area (Å²) in [5.74, 6) is 0.360. The fraction of sp³-hybridized carbons (Fsp3) is 0.625. The largest absolute Gasteiger partial charge is 0.343 e. The van der Waals surface area contributed by atoms with Gasteiger partial charge in [-0.05, 0) is 63.2 Å². The number of carbonyl (C=O) groups is 1. The third kappa shape index (κ3) is 4.78. The Kier molecular flexibility index (Phi) is 6.69. The van der Waals surface area contributed by atoms with Gasteiger partial charge in [0.15, 0.2) is 0 Å². The first kappa shape index (κ1) is 19.5. The molecule has 3 heterocycles. The first-order valence-electron chi connectivity index (χ1n) is 11.4. The van der Waals surface area contributed by atoms with Crippen LogP contribution in [0.1, 0.15) is 63.4 Å². The van der Waals surface area contributed by atoms with E-state index in [4.69, 9.17) is 0 Å². The van der Waals surface area contributed by atoms with E-state index in [2.05, 4.69) is 44.8 Å². The summed E-state index contributed by atoms with van der Waals surface area (Å²) in [6, 6.07) is 8.76. The van der Waals surface area contributed by atoms with Crippen molar-refractivity contribution in [2.45, 2.75) is 70.9 Å². The highest BCUT2D eigenvalue weighted by atomic mass is 16.2. The molecular formula is C24H35N3O. The number of hydrogen-bond acceptors (Lipinski definition) is 2. The van der Waals surface area contributed by atoms with Gasteiger partial charge in [-0.3, -0.25) is 9.69 Å². The number of amides is 1. The van der Waals surface area contributed by atoms with Crippen molar-refractivity contribution in [3.8, 4) is 0 Å². The van der Waals surface area contributed by atoms with Crippen LogP contribution in [0, 0.1) is 0 Å². The number of rotatable bonds is 6. The summed E-state index contributed by atoms with van der Waals surface area (Å²) in [6.45, 7) is 5.35. The van der Waals surface area contributed by atoms with Gasteiger partial charge in [-0.25, -0.2) is 0 Å². The summed E-state index contributed by atoms with van der Waals surface area (Å²) in [5.41, 5.74) is 2.73. The van der Waals surface area contributed by atoms with E-state index in [0.29, 0.717) is 12.3 Å². The highest BCUT2D eigenvalue weighted by molar-refractivity contribution is 5.84. The quantitative estimate of drug-likeness (QED) is 0.718. The first-order valence-corrected chi connectivity index (χ1v) is 11.4. The number of hydrogen-bond donors (Lipinski definition) is 0. The molecule has 2 fully saturated rings. The Morgan fingerprint density at radius 2 is 1.54 bits per heavy atom. The minimum atomic E-state index is 0.360. The Bertz CT molecular complexity index is 767. The monoisotopic (exact) mass is 381 g/mol. The molecule has 0 spiro atoms. The second kappa shape index (κ2) is 9.60. The van der Waals surface area contributed by atoms with Crippen molar-refractivity contribution in [2.75, 3.05) is 26.2 Å². The van der Waals surface area contributed by atoms with Crippen molar-refractivity contribution in [3.63, 3.8) is 0 Å². The van der Waals surface area contributed by atoms with Gasteiger partial charge >= 0.3 is 0 Å². The predicted molar refractivity (Wildman–Crippen MR) is 115 cm³/mol. The molecule has 152 valence electrons. The lowest BCUT2D eigenvalue weighted by molar-refractivity contribution is -0.131. The molecule has 2 aromatic rings. The molecule has 0 N–H and O–H groups in total. The molecule has 4 heteroatoms. The van der Waals surface area contributed by atoms with Crippen molar-refractivity contribution in [2.24, 2.45) is 0 Å². The molecule has 4 rings (SSSR count). The van der Waals surface area contributed by atoms with Gasteiger partial charge in [-0.15, -0.1) is 0 Å². The van der Waals surface area contributed by atoms with Gasteiger partial charge < -0.3 is 9.47 Å². The van der Waals surface area contributed by atoms with Crippen LogP contribution < -0.4 is 0 Å². The molecule has 0 aliphatic carbocycles. The van der Waals surface area contributed by atoms with Crippen molar-refractivity contribution >= 4 is 16.8 Å². The molecule has 1 amide bonds. The number of carbonyl (C=O) groups excluding carboxylic acids is 1. The van der Waals surface area contributed by atoms with E-state index < -0.39 is 0 Å². The average Bonchev–Trinajstić information content (AvgIpc) is 2.90. The second-order valence-corrected chi connectivity index (χ2v) is 8.61. The molecule has 0 bridgehead atoms. The summed E-state index contributed by atoms with van der Waals surface area (Å²) in [4.78, 5) is 17.3. The zero-order valence-electron chi connectivity index (χ0n) is 17.2. The van der Waals surface area contributed by atoms with E-state index in [0.717, 1.165) is 32.6 Å². The zero-order chi connectivity index (χ0) is 19.2. The SMILES string of the molecule is O=C(CCCc1cn(CN2CCCCC2)c2ccccc12)N1CCCCCC1. The van der Waals surface area contributed by atoms with Gasteiger partial charge in [-0.2, -0.15) is 0 Å². The number of likely N-dealkylation sites (tertiary alicyclic amines) is 2. The van der Waals surface area contributed by atoms with E-state index in [1.54, 1.807) is 0 Å². The smallest absolute Gasteiger partial charge is 0.222 e. The molecule has 2 saturated heterocycles. The molecule has 0 saturated carbocycles. The van der Waals surface area contributed by atoms with Gasteiger partial charge in [-0.1, -0.05) is 37.5 Å². The number of para-hydroxylation sites is 1. The van der Waals surface area contributed by atoms with Crippen LogP contribution in [0.4, 0.5) is 0 Å². The number of benzene rings is 1. The molecule has 0 unspecified atom stereocenters. The van der Waals surface area contributed by atoms with Crippen LogP contribution in [0.2, 0.25) is 0 Å². The molecule has 0 atom stereocenters. The number of aryl methyl sites for hydroxylation is 1. The predicted octanol–water partition coefficient (Wildman–Crippen LogP) is 4.81. The van der Waals surface area contributed by atoms with E-state index in [1.165, 1.54) is 74.5 Å².